The summed E-state index contributed by atoms with van der Waals surface area (Å²) in [5.41, 5.74) is -0.985. The van der Waals surface area contributed by atoms with Gasteiger partial charge in [-0.1, -0.05) is 18.2 Å². The highest BCUT2D eigenvalue weighted by atomic mass is 32.1. The van der Waals surface area contributed by atoms with Gasteiger partial charge in [0, 0.05) is 18.7 Å². The molecule has 0 radical (unpaired) electrons. The minimum absolute atomic E-state index is 0.106. The van der Waals surface area contributed by atoms with E-state index in [-0.39, 0.29) is 18.6 Å². The zero-order valence-electron chi connectivity index (χ0n) is 24.6. The number of amides is 1. The Labute approximate surface area is 243 Å². The highest BCUT2D eigenvalue weighted by Gasteiger charge is 2.39. The van der Waals surface area contributed by atoms with Crippen molar-refractivity contribution in [3.05, 3.63) is 61.1 Å². The summed E-state index contributed by atoms with van der Waals surface area (Å²) in [5.74, 6) is 0.870. The van der Waals surface area contributed by atoms with Gasteiger partial charge in [0.25, 0.3) is 5.56 Å². The molecule has 1 aromatic carbocycles. The third-order valence-electron chi connectivity index (χ3n) is 7.74. The molecule has 1 amide bonds. The number of rotatable bonds is 9. The zero-order chi connectivity index (χ0) is 29.5. The smallest absolute Gasteiger partial charge is 0.333 e. The quantitative estimate of drug-likeness (QED) is 0.380. The summed E-state index contributed by atoms with van der Waals surface area (Å²) >= 11 is 1.31. The second kappa shape index (κ2) is 11.4. The Hall–Kier alpha value is -3.44. The van der Waals surface area contributed by atoms with Gasteiger partial charge in [-0.05, 0) is 59.1 Å². The maximum Gasteiger partial charge on any atom is 0.333 e. The van der Waals surface area contributed by atoms with Crippen LogP contribution in [0.25, 0.3) is 10.2 Å². The number of aliphatic imine (C=N–C) groups is 1. The van der Waals surface area contributed by atoms with Crippen LogP contribution in [0.4, 0.5) is 0 Å². The van der Waals surface area contributed by atoms with Crippen molar-refractivity contribution >= 4 is 33.4 Å². The van der Waals surface area contributed by atoms with Crippen molar-refractivity contribution in [2.75, 3.05) is 33.4 Å². The predicted octanol–water partition coefficient (Wildman–Crippen LogP) is 3.84. The number of carbonyl (C=O) groups excluding carboxylic acids is 1. The van der Waals surface area contributed by atoms with Crippen LogP contribution in [0, 0.1) is 6.92 Å². The minimum Gasteiger partial charge on any atom is -0.496 e. The van der Waals surface area contributed by atoms with Crippen molar-refractivity contribution in [1.82, 2.24) is 14.0 Å². The van der Waals surface area contributed by atoms with Crippen LogP contribution < -0.4 is 16.0 Å². The molecule has 5 rings (SSSR count). The number of aryl methyl sites for hydroxylation is 1. The van der Waals surface area contributed by atoms with E-state index in [1.165, 1.54) is 11.3 Å². The number of benzene rings is 1. The Morgan fingerprint density at radius 1 is 1.17 bits per heavy atom. The van der Waals surface area contributed by atoms with E-state index in [0.717, 1.165) is 23.0 Å². The summed E-state index contributed by atoms with van der Waals surface area (Å²) in [7, 11) is 1.60. The Morgan fingerprint density at radius 3 is 2.51 bits per heavy atom. The van der Waals surface area contributed by atoms with Crippen LogP contribution in [0.1, 0.15) is 62.6 Å². The molecule has 0 aliphatic carbocycles. The molecule has 0 saturated carbocycles. The lowest BCUT2D eigenvalue weighted by atomic mass is 10.0. The number of thiophene rings is 1. The van der Waals surface area contributed by atoms with Crippen molar-refractivity contribution in [1.29, 1.82) is 0 Å². The fraction of sp³-hybridized carbons (Fsp3) is 0.533. The predicted molar refractivity (Wildman–Crippen MR) is 160 cm³/mol. The van der Waals surface area contributed by atoms with E-state index in [0.29, 0.717) is 58.5 Å². The molecule has 1 saturated heterocycles. The Morgan fingerprint density at radius 2 is 1.88 bits per heavy atom. The SMILES string of the molecule is COc1ccccc1C(Cn1c(=O)n(C(C)(C)C(=O)N2CCCC2)c(=O)c2c(C)c(C3=NCCO3)sc21)OC(C)C. The molecule has 0 bridgehead atoms. The molecule has 4 heterocycles. The minimum atomic E-state index is -1.40. The second-order valence-corrected chi connectivity index (χ2v) is 12.3. The standard InChI is InChI=1S/C30H38N4O6S/c1-18(2)40-22(20-11-7-8-12-21(20)38-6)17-33-27-23(19(3)24(41-27)25-31-13-16-39-25)26(35)34(29(33)37)30(4,5)28(36)32-14-9-10-15-32/h7-8,11-12,18,22H,9-10,13-17H2,1-6H3. The molecular formula is C30H38N4O6S. The summed E-state index contributed by atoms with van der Waals surface area (Å²) in [6, 6.07) is 7.54. The molecule has 220 valence electrons. The van der Waals surface area contributed by atoms with E-state index < -0.39 is 22.9 Å². The van der Waals surface area contributed by atoms with Crippen molar-refractivity contribution in [2.24, 2.45) is 4.99 Å². The van der Waals surface area contributed by atoms with Gasteiger partial charge < -0.3 is 19.1 Å². The molecule has 11 heteroatoms. The largest absolute Gasteiger partial charge is 0.496 e. The summed E-state index contributed by atoms with van der Waals surface area (Å²) < 4.78 is 20.5. The zero-order valence-corrected chi connectivity index (χ0v) is 25.4. The highest BCUT2D eigenvalue weighted by Crippen LogP contribution is 2.34. The number of likely N-dealkylation sites (tertiary alicyclic amines) is 1. The Balaban J connectivity index is 1.76. The lowest BCUT2D eigenvalue weighted by molar-refractivity contribution is -0.138. The Bertz CT molecular complexity index is 1610. The number of para-hydroxylation sites is 1. The number of nitrogens with zero attached hydrogens (tertiary/aromatic N) is 4. The van der Waals surface area contributed by atoms with Crippen molar-refractivity contribution < 1.29 is 19.0 Å². The lowest BCUT2D eigenvalue weighted by Gasteiger charge is -2.31. The molecule has 3 aromatic rings. The van der Waals surface area contributed by atoms with Crippen LogP contribution in [-0.2, 0) is 26.4 Å². The lowest BCUT2D eigenvalue weighted by Crippen LogP contribution is -2.56. The van der Waals surface area contributed by atoms with Crippen molar-refractivity contribution in [3.8, 4) is 5.75 Å². The number of fused-ring (bicyclic) bond motifs is 1. The van der Waals surface area contributed by atoms with E-state index in [4.69, 9.17) is 14.2 Å². The van der Waals surface area contributed by atoms with Crippen LogP contribution in [-0.4, -0.2) is 65.3 Å². The Kier molecular flexibility index (Phi) is 8.11. The van der Waals surface area contributed by atoms with Gasteiger partial charge in [0.1, 0.15) is 28.8 Å². The molecule has 0 N–H and O–H groups in total. The topological polar surface area (TPSA) is 104 Å². The summed E-state index contributed by atoms with van der Waals surface area (Å²) in [6.07, 6.45) is 1.09. The first-order chi connectivity index (χ1) is 19.6. The number of carbonyl (C=O) groups is 1. The third-order valence-corrected chi connectivity index (χ3v) is 9.04. The molecule has 10 nitrogen and oxygen atoms in total. The van der Waals surface area contributed by atoms with Gasteiger partial charge in [-0.2, -0.15) is 0 Å². The maximum atomic E-state index is 14.4. The van der Waals surface area contributed by atoms with E-state index in [2.05, 4.69) is 4.99 Å². The molecule has 1 atom stereocenters. The molecule has 2 aliphatic rings. The molecule has 41 heavy (non-hydrogen) atoms. The van der Waals surface area contributed by atoms with Gasteiger partial charge in [-0.25, -0.2) is 14.4 Å². The molecule has 1 fully saturated rings. The van der Waals surface area contributed by atoms with Crippen molar-refractivity contribution in [3.63, 3.8) is 0 Å². The van der Waals surface area contributed by atoms with E-state index in [1.807, 2.05) is 45.0 Å². The molecule has 1 unspecified atom stereocenters. The monoisotopic (exact) mass is 582 g/mol. The van der Waals surface area contributed by atoms with Gasteiger partial charge >= 0.3 is 5.69 Å². The van der Waals surface area contributed by atoms with Crippen LogP contribution in [0.2, 0.25) is 0 Å². The number of ether oxygens (including phenoxy) is 3. The maximum absolute atomic E-state index is 14.4. The van der Waals surface area contributed by atoms with E-state index in [9.17, 15) is 14.4 Å². The summed E-state index contributed by atoms with van der Waals surface area (Å²) in [4.78, 5) is 49.8. The first-order valence-electron chi connectivity index (χ1n) is 14.1. The normalized spacial score (nSPS) is 16.4. The number of hydrogen-bond acceptors (Lipinski definition) is 8. The van der Waals surface area contributed by atoms with Gasteiger partial charge in [-0.3, -0.25) is 14.2 Å². The highest BCUT2D eigenvalue weighted by molar-refractivity contribution is 7.20. The van der Waals surface area contributed by atoms with Gasteiger partial charge in [0.2, 0.25) is 11.8 Å². The first kappa shape index (κ1) is 29.1. The average molecular weight is 583 g/mol. The fourth-order valence-electron chi connectivity index (χ4n) is 5.72. The van der Waals surface area contributed by atoms with Gasteiger partial charge in [0.05, 0.1) is 36.6 Å². The van der Waals surface area contributed by atoms with Crippen LogP contribution >= 0.6 is 11.3 Å². The van der Waals surface area contributed by atoms with E-state index in [1.54, 1.807) is 30.4 Å². The average Bonchev–Trinajstić information content (AvgIpc) is 3.71. The molecule has 2 aromatic heterocycles. The number of hydrogen-bond donors (Lipinski definition) is 0. The van der Waals surface area contributed by atoms with Crippen LogP contribution in [0.15, 0.2) is 38.8 Å². The molecule has 0 spiro atoms. The van der Waals surface area contributed by atoms with Crippen molar-refractivity contribution in [2.45, 2.75) is 71.8 Å². The second-order valence-electron chi connectivity index (χ2n) is 11.3. The number of methoxy groups -OCH3 is 1. The fourth-order valence-corrected chi connectivity index (χ4v) is 6.99. The summed E-state index contributed by atoms with van der Waals surface area (Å²) in [6.45, 7) is 11.4. The number of aromatic nitrogens is 2. The van der Waals surface area contributed by atoms with Gasteiger partial charge in [0.15, 0.2) is 0 Å². The van der Waals surface area contributed by atoms with E-state index >= 15 is 0 Å². The first-order valence-corrected chi connectivity index (χ1v) is 14.9. The molecule has 2 aliphatic heterocycles. The molecular weight excluding hydrogens is 544 g/mol. The third kappa shape index (κ3) is 5.21. The van der Waals surface area contributed by atoms with Crippen LogP contribution in [0.5, 0.6) is 5.75 Å². The van der Waals surface area contributed by atoms with Gasteiger partial charge in [-0.15, -0.1) is 11.3 Å². The summed E-state index contributed by atoms with van der Waals surface area (Å²) in [5, 5.41) is 0.383. The van der Waals surface area contributed by atoms with Crippen LogP contribution in [0.3, 0.4) is 0 Å².